The molecule has 0 saturated carbocycles. The number of aryl methyl sites for hydroxylation is 1. The van der Waals surface area contributed by atoms with Gasteiger partial charge in [0.25, 0.3) is 11.8 Å². The minimum absolute atomic E-state index is 0.176. The van der Waals surface area contributed by atoms with Crippen molar-refractivity contribution in [2.24, 2.45) is 0 Å². The number of para-hydroxylation sites is 2. The van der Waals surface area contributed by atoms with Gasteiger partial charge in [-0.2, -0.15) is 0 Å². The maximum atomic E-state index is 12.9. The van der Waals surface area contributed by atoms with Crippen molar-refractivity contribution in [1.82, 2.24) is 9.88 Å². The molecular formula is C22H20N4O4S. The molecule has 0 unspecified atom stereocenters. The average Bonchev–Trinajstić information content (AvgIpc) is 3.18. The molecule has 31 heavy (non-hydrogen) atoms. The highest BCUT2D eigenvalue weighted by atomic mass is 32.1. The molecule has 2 aromatic carbocycles. The molecule has 0 spiro atoms. The first-order valence-corrected chi connectivity index (χ1v) is 10.4. The standard InChI is InChI=1S/C22H20N4O4S/c1-12-10-13(6-7-14(12)22(29)30)21(28)26-9-8-17-18(11-26)31-20(25-17)19(27)24-16-5-3-2-4-15(16)23/h2-7,10H,8-9,11,23H2,1H3,(H,24,27)(H,29,30). The molecule has 1 aliphatic heterocycles. The monoisotopic (exact) mass is 436 g/mol. The fraction of sp³-hybridized carbons (Fsp3) is 0.182. The quantitative estimate of drug-likeness (QED) is 0.539. The van der Waals surface area contributed by atoms with Gasteiger partial charge in [0.05, 0.1) is 29.2 Å². The molecule has 0 radical (unpaired) electrons. The number of rotatable bonds is 4. The van der Waals surface area contributed by atoms with Gasteiger partial charge in [0, 0.05) is 23.4 Å². The summed E-state index contributed by atoms with van der Waals surface area (Å²) in [5.41, 5.74) is 8.84. The number of carboxylic acids is 1. The summed E-state index contributed by atoms with van der Waals surface area (Å²) in [4.78, 5) is 43.7. The summed E-state index contributed by atoms with van der Waals surface area (Å²) in [6.45, 7) is 2.50. The number of nitrogens with two attached hydrogens (primary N) is 1. The number of carbonyl (C=O) groups excluding carboxylic acids is 2. The number of carboxylic acid groups (broad SMARTS) is 1. The topological polar surface area (TPSA) is 126 Å². The number of hydrogen-bond donors (Lipinski definition) is 3. The molecule has 1 aliphatic rings. The first-order valence-electron chi connectivity index (χ1n) is 9.61. The summed E-state index contributed by atoms with van der Waals surface area (Å²) in [6.07, 6.45) is 0.546. The lowest BCUT2D eigenvalue weighted by molar-refractivity contribution is 0.0691. The summed E-state index contributed by atoms with van der Waals surface area (Å²) >= 11 is 1.26. The van der Waals surface area contributed by atoms with Crippen LogP contribution < -0.4 is 11.1 Å². The van der Waals surface area contributed by atoms with Crippen LogP contribution in [0.2, 0.25) is 0 Å². The molecule has 2 heterocycles. The fourth-order valence-electron chi connectivity index (χ4n) is 3.47. The molecule has 4 rings (SSSR count). The zero-order chi connectivity index (χ0) is 22.1. The van der Waals surface area contributed by atoms with Crippen LogP contribution in [0.4, 0.5) is 11.4 Å². The predicted molar refractivity (Wildman–Crippen MR) is 118 cm³/mol. The first kappa shape index (κ1) is 20.5. The van der Waals surface area contributed by atoms with Gasteiger partial charge in [-0.05, 0) is 42.8 Å². The molecule has 0 bridgehead atoms. The van der Waals surface area contributed by atoms with Crippen molar-refractivity contribution in [2.45, 2.75) is 19.9 Å². The van der Waals surface area contributed by atoms with Crippen LogP contribution in [0.3, 0.4) is 0 Å². The van der Waals surface area contributed by atoms with Crippen molar-refractivity contribution >= 4 is 40.5 Å². The Morgan fingerprint density at radius 1 is 1.19 bits per heavy atom. The van der Waals surface area contributed by atoms with Crippen molar-refractivity contribution in [3.05, 3.63) is 74.7 Å². The van der Waals surface area contributed by atoms with Crippen molar-refractivity contribution in [1.29, 1.82) is 0 Å². The summed E-state index contributed by atoms with van der Waals surface area (Å²) in [5.74, 6) is -1.54. The number of nitrogens with one attached hydrogen (secondary N) is 1. The molecule has 0 atom stereocenters. The second-order valence-electron chi connectivity index (χ2n) is 7.24. The maximum Gasteiger partial charge on any atom is 0.335 e. The second-order valence-corrected chi connectivity index (χ2v) is 8.33. The third kappa shape index (κ3) is 4.13. The normalized spacial score (nSPS) is 12.9. The van der Waals surface area contributed by atoms with E-state index in [0.717, 1.165) is 10.6 Å². The molecule has 0 aliphatic carbocycles. The van der Waals surface area contributed by atoms with Crippen LogP contribution in [0.1, 0.15) is 46.7 Å². The van der Waals surface area contributed by atoms with E-state index in [1.807, 2.05) is 0 Å². The minimum atomic E-state index is -1.02. The highest BCUT2D eigenvalue weighted by Gasteiger charge is 2.27. The predicted octanol–water partition coefficient (Wildman–Crippen LogP) is 3.18. The van der Waals surface area contributed by atoms with Gasteiger partial charge in [-0.1, -0.05) is 12.1 Å². The molecular weight excluding hydrogens is 416 g/mol. The molecule has 4 N–H and O–H groups in total. The van der Waals surface area contributed by atoms with E-state index in [-0.39, 0.29) is 17.4 Å². The van der Waals surface area contributed by atoms with E-state index in [1.165, 1.54) is 23.5 Å². The van der Waals surface area contributed by atoms with Crippen LogP contribution in [0.15, 0.2) is 42.5 Å². The van der Waals surface area contributed by atoms with Crippen molar-refractivity contribution < 1.29 is 19.5 Å². The average molecular weight is 436 g/mol. The van der Waals surface area contributed by atoms with Gasteiger partial charge >= 0.3 is 5.97 Å². The number of nitrogens with zero attached hydrogens (tertiary/aromatic N) is 2. The summed E-state index contributed by atoms with van der Waals surface area (Å²) in [5, 5.41) is 12.3. The molecule has 3 aromatic rings. The van der Waals surface area contributed by atoms with E-state index < -0.39 is 5.97 Å². The Hall–Kier alpha value is -3.72. The summed E-state index contributed by atoms with van der Waals surface area (Å²) in [6, 6.07) is 11.6. The Labute approximate surface area is 182 Å². The Balaban J connectivity index is 1.49. The molecule has 1 aromatic heterocycles. The highest BCUT2D eigenvalue weighted by Crippen LogP contribution is 2.28. The Morgan fingerprint density at radius 2 is 1.97 bits per heavy atom. The van der Waals surface area contributed by atoms with E-state index in [1.54, 1.807) is 42.2 Å². The largest absolute Gasteiger partial charge is 0.478 e. The third-order valence-electron chi connectivity index (χ3n) is 5.13. The maximum absolute atomic E-state index is 12.9. The zero-order valence-electron chi connectivity index (χ0n) is 16.7. The van der Waals surface area contributed by atoms with E-state index in [0.29, 0.717) is 47.0 Å². The number of aromatic carboxylic acids is 1. The lowest BCUT2D eigenvalue weighted by atomic mass is 10.0. The Bertz CT molecular complexity index is 1200. The molecule has 9 heteroatoms. The van der Waals surface area contributed by atoms with Crippen molar-refractivity contribution in [3.8, 4) is 0 Å². The summed E-state index contributed by atoms with van der Waals surface area (Å²) < 4.78 is 0. The lowest BCUT2D eigenvalue weighted by Gasteiger charge is -2.26. The van der Waals surface area contributed by atoms with Crippen LogP contribution in [0, 0.1) is 6.92 Å². The number of anilines is 2. The van der Waals surface area contributed by atoms with E-state index in [2.05, 4.69) is 10.3 Å². The number of fused-ring (bicyclic) bond motifs is 1. The summed E-state index contributed by atoms with van der Waals surface area (Å²) in [7, 11) is 0. The van der Waals surface area contributed by atoms with Crippen molar-refractivity contribution in [2.75, 3.05) is 17.6 Å². The smallest absolute Gasteiger partial charge is 0.335 e. The number of amides is 2. The molecule has 158 valence electrons. The molecule has 8 nitrogen and oxygen atoms in total. The number of benzene rings is 2. The molecule has 0 fully saturated rings. The van der Waals surface area contributed by atoms with Gasteiger partial charge in [0.1, 0.15) is 0 Å². The number of hydrogen-bond acceptors (Lipinski definition) is 6. The van der Waals surface area contributed by atoms with Crippen LogP contribution in [-0.2, 0) is 13.0 Å². The van der Waals surface area contributed by atoms with E-state index in [9.17, 15) is 14.4 Å². The first-order chi connectivity index (χ1) is 14.8. The Kier molecular flexibility index (Phi) is 5.43. The van der Waals surface area contributed by atoms with Crippen LogP contribution in [0.5, 0.6) is 0 Å². The highest BCUT2D eigenvalue weighted by molar-refractivity contribution is 7.13. The van der Waals surface area contributed by atoms with Gasteiger partial charge in [0.2, 0.25) is 0 Å². The van der Waals surface area contributed by atoms with Gasteiger partial charge in [0.15, 0.2) is 5.01 Å². The SMILES string of the molecule is Cc1cc(C(=O)N2CCc3nc(C(=O)Nc4ccccc4N)sc3C2)ccc1C(=O)O. The number of thiazole rings is 1. The van der Waals surface area contributed by atoms with Crippen molar-refractivity contribution in [3.63, 3.8) is 0 Å². The van der Waals surface area contributed by atoms with Gasteiger partial charge in [-0.3, -0.25) is 9.59 Å². The molecule has 2 amide bonds. The Morgan fingerprint density at radius 3 is 2.68 bits per heavy atom. The van der Waals surface area contributed by atoms with Crippen LogP contribution >= 0.6 is 11.3 Å². The minimum Gasteiger partial charge on any atom is -0.478 e. The number of nitrogen functional groups attached to an aromatic ring is 1. The van der Waals surface area contributed by atoms with Gasteiger partial charge < -0.3 is 21.1 Å². The zero-order valence-corrected chi connectivity index (χ0v) is 17.5. The van der Waals surface area contributed by atoms with E-state index in [4.69, 9.17) is 10.8 Å². The lowest BCUT2D eigenvalue weighted by Crippen LogP contribution is -2.35. The van der Waals surface area contributed by atoms with Crippen LogP contribution in [-0.4, -0.2) is 39.3 Å². The second kappa shape index (κ2) is 8.19. The third-order valence-corrected chi connectivity index (χ3v) is 6.21. The number of carbonyl (C=O) groups is 3. The fourth-order valence-corrected chi connectivity index (χ4v) is 4.49. The van der Waals surface area contributed by atoms with Gasteiger partial charge in [-0.15, -0.1) is 11.3 Å². The molecule has 0 saturated heterocycles. The van der Waals surface area contributed by atoms with E-state index >= 15 is 0 Å². The number of aromatic nitrogens is 1. The van der Waals surface area contributed by atoms with Crippen LogP contribution in [0.25, 0.3) is 0 Å². The van der Waals surface area contributed by atoms with Gasteiger partial charge in [-0.25, -0.2) is 9.78 Å².